The van der Waals surface area contributed by atoms with Gasteiger partial charge < -0.3 is 9.84 Å². The molecule has 1 aromatic heterocycles. The van der Waals surface area contributed by atoms with Crippen LogP contribution in [0.2, 0.25) is 0 Å². The smallest absolute Gasteiger partial charge is 0.316 e. The summed E-state index contributed by atoms with van der Waals surface area (Å²) in [5, 5.41) is 9.43. The molecule has 0 aromatic carbocycles. The van der Waals surface area contributed by atoms with E-state index >= 15 is 0 Å². The van der Waals surface area contributed by atoms with Crippen molar-refractivity contribution in [1.29, 1.82) is 0 Å². The number of ketones is 1. The second-order valence-electron chi connectivity index (χ2n) is 3.35. The normalized spacial score (nSPS) is 11.1. The number of carbonyl (C=O) groups excluding carboxylic acids is 1. The van der Waals surface area contributed by atoms with E-state index in [1.54, 1.807) is 0 Å². The summed E-state index contributed by atoms with van der Waals surface area (Å²) < 4.78 is 4.74. The lowest BCUT2D eigenvalue weighted by Gasteiger charge is -2.14. The van der Waals surface area contributed by atoms with E-state index in [0.29, 0.717) is 0 Å². The highest BCUT2D eigenvalue weighted by Crippen LogP contribution is 2.11. The number of hydrogen-bond acceptors (Lipinski definition) is 5. The highest BCUT2D eigenvalue weighted by molar-refractivity contribution is 6.01. The van der Waals surface area contributed by atoms with Crippen molar-refractivity contribution in [3.63, 3.8) is 0 Å². The predicted octanol–water partition coefficient (Wildman–Crippen LogP) is 0.439. The number of methoxy groups -OCH3 is 1. The van der Waals surface area contributed by atoms with Gasteiger partial charge in [0.1, 0.15) is 5.60 Å². The second-order valence-corrected chi connectivity index (χ2v) is 3.35. The van der Waals surface area contributed by atoms with E-state index in [1.807, 2.05) is 0 Å². The van der Waals surface area contributed by atoms with E-state index in [9.17, 15) is 9.90 Å². The molecule has 1 aromatic rings. The molecule has 0 bridgehead atoms. The van der Waals surface area contributed by atoms with Crippen LogP contribution >= 0.6 is 0 Å². The molecule has 0 aliphatic rings. The van der Waals surface area contributed by atoms with Crippen molar-refractivity contribution in [2.75, 3.05) is 7.11 Å². The third-order valence-corrected chi connectivity index (χ3v) is 1.63. The molecule has 0 radical (unpaired) electrons. The van der Waals surface area contributed by atoms with Crippen LogP contribution in [0.3, 0.4) is 0 Å². The zero-order chi connectivity index (χ0) is 10.8. The molecule has 14 heavy (non-hydrogen) atoms. The SMILES string of the molecule is COc1ncc(C(=O)C(C)(C)O)cn1. The van der Waals surface area contributed by atoms with Crippen molar-refractivity contribution < 1.29 is 14.6 Å². The molecule has 0 aliphatic heterocycles. The maximum atomic E-state index is 11.5. The molecule has 0 amide bonds. The molecule has 0 spiro atoms. The number of rotatable bonds is 3. The van der Waals surface area contributed by atoms with Crippen LogP contribution in [0.4, 0.5) is 0 Å². The number of Topliss-reactive ketones (excluding diaryl/α,β-unsaturated/α-hetero) is 1. The van der Waals surface area contributed by atoms with Gasteiger partial charge in [0.15, 0.2) is 5.78 Å². The van der Waals surface area contributed by atoms with Gasteiger partial charge >= 0.3 is 6.01 Å². The van der Waals surface area contributed by atoms with Crippen molar-refractivity contribution in [1.82, 2.24) is 9.97 Å². The molecule has 1 rings (SSSR count). The number of aliphatic hydroxyl groups is 1. The lowest BCUT2D eigenvalue weighted by atomic mass is 9.99. The molecule has 5 nitrogen and oxygen atoms in total. The lowest BCUT2D eigenvalue weighted by molar-refractivity contribution is 0.0487. The summed E-state index contributed by atoms with van der Waals surface area (Å²) in [6, 6.07) is 0.192. The quantitative estimate of drug-likeness (QED) is 0.710. The fourth-order valence-corrected chi connectivity index (χ4v) is 0.892. The Morgan fingerprint density at radius 2 is 1.93 bits per heavy atom. The molecule has 76 valence electrons. The minimum Gasteiger partial charge on any atom is -0.467 e. The van der Waals surface area contributed by atoms with Crippen LogP contribution in [0, 0.1) is 0 Å². The molecule has 0 saturated heterocycles. The van der Waals surface area contributed by atoms with Crippen molar-refractivity contribution >= 4 is 5.78 Å². The van der Waals surface area contributed by atoms with Crippen LogP contribution in [-0.4, -0.2) is 33.6 Å². The maximum absolute atomic E-state index is 11.5. The summed E-state index contributed by atoms with van der Waals surface area (Å²) in [6.45, 7) is 2.83. The van der Waals surface area contributed by atoms with Crippen molar-refractivity contribution in [2.45, 2.75) is 19.4 Å². The van der Waals surface area contributed by atoms with Gasteiger partial charge in [-0.25, -0.2) is 9.97 Å². The number of ether oxygens (including phenoxy) is 1. The maximum Gasteiger partial charge on any atom is 0.316 e. The molecular formula is C9H12N2O3. The molecule has 1 N–H and O–H groups in total. The third-order valence-electron chi connectivity index (χ3n) is 1.63. The zero-order valence-corrected chi connectivity index (χ0v) is 8.31. The van der Waals surface area contributed by atoms with E-state index in [0.717, 1.165) is 0 Å². The lowest BCUT2D eigenvalue weighted by Crippen LogP contribution is -2.31. The van der Waals surface area contributed by atoms with E-state index in [-0.39, 0.29) is 11.6 Å². The Labute approximate surface area is 81.8 Å². The van der Waals surface area contributed by atoms with Gasteiger partial charge in [-0.1, -0.05) is 0 Å². The summed E-state index contributed by atoms with van der Waals surface area (Å²) in [7, 11) is 1.44. The van der Waals surface area contributed by atoms with Crippen LogP contribution in [0.5, 0.6) is 6.01 Å². The van der Waals surface area contributed by atoms with Gasteiger partial charge in [-0.15, -0.1) is 0 Å². The van der Waals surface area contributed by atoms with E-state index in [2.05, 4.69) is 9.97 Å². The van der Waals surface area contributed by atoms with Gasteiger partial charge in [0.2, 0.25) is 0 Å². The zero-order valence-electron chi connectivity index (χ0n) is 8.31. The van der Waals surface area contributed by atoms with Gasteiger partial charge in [-0.05, 0) is 13.8 Å². The summed E-state index contributed by atoms with van der Waals surface area (Å²) >= 11 is 0. The van der Waals surface area contributed by atoms with Crippen LogP contribution in [0.25, 0.3) is 0 Å². The van der Waals surface area contributed by atoms with Gasteiger partial charge in [0.05, 0.1) is 12.7 Å². The van der Waals surface area contributed by atoms with E-state index in [4.69, 9.17) is 4.74 Å². The Kier molecular flexibility index (Phi) is 2.81. The highest BCUT2D eigenvalue weighted by Gasteiger charge is 2.25. The second kappa shape index (κ2) is 3.71. The van der Waals surface area contributed by atoms with Gasteiger partial charge in [0.25, 0.3) is 0 Å². The predicted molar refractivity (Wildman–Crippen MR) is 49.2 cm³/mol. The minimum atomic E-state index is -1.40. The van der Waals surface area contributed by atoms with Gasteiger partial charge in [-0.2, -0.15) is 0 Å². The third kappa shape index (κ3) is 2.26. The van der Waals surface area contributed by atoms with Gasteiger partial charge in [0, 0.05) is 12.4 Å². The Morgan fingerprint density at radius 3 is 2.29 bits per heavy atom. The molecule has 1 heterocycles. The molecule has 0 atom stereocenters. The number of nitrogens with zero attached hydrogens (tertiary/aromatic N) is 2. The average molecular weight is 196 g/mol. The average Bonchev–Trinajstić information content (AvgIpc) is 2.15. The first kappa shape index (κ1) is 10.6. The van der Waals surface area contributed by atoms with Crippen LogP contribution in [0.15, 0.2) is 12.4 Å². The molecule has 0 saturated carbocycles. The van der Waals surface area contributed by atoms with E-state index < -0.39 is 11.4 Å². The van der Waals surface area contributed by atoms with Crippen LogP contribution in [0.1, 0.15) is 24.2 Å². The standard InChI is InChI=1S/C9H12N2O3/c1-9(2,13)7(12)6-4-10-8(14-3)11-5-6/h4-5,13H,1-3H3. The number of hydrogen-bond donors (Lipinski definition) is 1. The van der Waals surface area contributed by atoms with Crippen molar-refractivity contribution in [2.24, 2.45) is 0 Å². The fraction of sp³-hybridized carbons (Fsp3) is 0.444. The Bertz CT molecular complexity index is 327. The minimum absolute atomic E-state index is 0.192. The largest absolute Gasteiger partial charge is 0.467 e. The first-order chi connectivity index (χ1) is 6.45. The molecule has 0 unspecified atom stereocenters. The number of aromatic nitrogens is 2. The first-order valence-electron chi connectivity index (χ1n) is 4.08. The summed E-state index contributed by atoms with van der Waals surface area (Å²) in [6.07, 6.45) is 2.65. The molecular weight excluding hydrogens is 184 g/mol. The monoisotopic (exact) mass is 196 g/mol. The topological polar surface area (TPSA) is 72.3 Å². The van der Waals surface area contributed by atoms with Gasteiger partial charge in [-0.3, -0.25) is 4.79 Å². The molecule has 0 fully saturated rings. The van der Waals surface area contributed by atoms with Crippen molar-refractivity contribution in [3.8, 4) is 6.01 Å². The van der Waals surface area contributed by atoms with Crippen LogP contribution < -0.4 is 4.74 Å². The molecule has 5 heteroatoms. The highest BCUT2D eigenvalue weighted by atomic mass is 16.5. The number of carbonyl (C=O) groups is 1. The Morgan fingerprint density at radius 1 is 1.43 bits per heavy atom. The molecule has 0 aliphatic carbocycles. The summed E-state index contributed by atoms with van der Waals surface area (Å²) in [5.74, 6) is -0.417. The Hall–Kier alpha value is -1.49. The van der Waals surface area contributed by atoms with Crippen molar-refractivity contribution in [3.05, 3.63) is 18.0 Å². The van der Waals surface area contributed by atoms with Crippen LogP contribution in [-0.2, 0) is 0 Å². The van der Waals surface area contributed by atoms with E-state index in [1.165, 1.54) is 33.4 Å². The summed E-state index contributed by atoms with van der Waals surface area (Å²) in [5.41, 5.74) is -1.14. The fourth-order valence-electron chi connectivity index (χ4n) is 0.892. The Balaban J connectivity index is 2.93. The summed E-state index contributed by atoms with van der Waals surface area (Å²) in [4.78, 5) is 19.0. The first-order valence-corrected chi connectivity index (χ1v) is 4.08.